The molecule has 3 aromatic rings. The van der Waals surface area contributed by atoms with Crippen LogP contribution in [-0.4, -0.2) is 25.7 Å². The van der Waals surface area contributed by atoms with Crippen LogP contribution in [0.3, 0.4) is 0 Å². The number of carbonyl (C=O) groups excluding carboxylic acids is 1. The topological polar surface area (TPSA) is 92.7 Å². The molecule has 1 fully saturated rings. The number of anilines is 1. The second kappa shape index (κ2) is 8.73. The molecule has 1 aliphatic rings. The van der Waals surface area contributed by atoms with Gasteiger partial charge in [-0.15, -0.1) is 11.3 Å². The highest BCUT2D eigenvalue weighted by Crippen LogP contribution is 2.32. The molecule has 7 nitrogen and oxygen atoms in total. The summed E-state index contributed by atoms with van der Waals surface area (Å²) in [6, 6.07) is 2.98. The molecule has 29 heavy (non-hydrogen) atoms. The number of rotatable bonds is 6. The quantitative estimate of drug-likeness (QED) is 0.637. The first-order valence-corrected chi connectivity index (χ1v) is 10.9. The highest BCUT2D eigenvalue weighted by Gasteiger charge is 2.28. The van der Waals surface area contributed by atoms with Crippen LogP contribution in [0.4, 0.5) is 5.13 Å². The third kappa shape index (κ3) is 4.48. The minimum atomic E-state index is -0.548. The summed E-state index contributed by atoms with van der Waals surface area (Å²) in [6.45, 7) is 1.88. The van der Waals surface area contributed by atoms with Crippen LogP contribution in [0.1, 0.15) is 50.3 Å². The van der Waals surface area contributed by atoms with Crippen LogP contribution >= 0.6 is 11.3 Å². The molecule has 2 N–H and O–H groups in total. The lowest BCUT2D eigenvalue weighted by molar-refractivity contribution is -0.120. The molecule has 4 rings (SSSR count). The van der Waals surface area contributed by atoms with Gasteiger partial charge in [0, 0.05) is 35.1 Å². The first-order chi connectivity index (χ1) is 14.1. The molecule has 1 amide bonds. The Bertz CT molecular complexity index is 1000. The van der Waals surface area contributed by atoms with Gasteiger partial charge in [-0.2, -0.15) is 5.10 Å². The first kappa shape index (κ1) is 19.6. The van der Waals surface area contributed by atoms with Crippen LogP contribution in [-0.2, 0) is 4.79 Å². The summed E-state index contributed by atoms with van der Waals surface area (Å²) in [4.78, 5) is 30.4. The predicted octanol–water partition coefficient (Wildman–Crippen LogP) is 4.15. The Labute approximate surface area is 173 Å². The molecule has 0 spiro atoms. The molecule has 0 aromatic carbocycles. The van der Waals surface area contributed by atoms with Crippen LogP contribution in [0.2, 0.25) is 0 Å². The number of aryl methyl sites for hydroxylation is 1. The lowest BCUT2D eigenvalue weighted by Gasteiger charge is -2.28. The van der Waals surface area contributed by atoms with Gasteiger partial charge in [0.15, 0.2) is 5.13 Å². The number of carbonyl (C=O) groups is 1. The minimum Gasteiger partial charge on any atom is -0.300 e. The molecular weight excluding hydrogens is 386 g/mol. The number of hydrogen-bond donors (Lipinski definition) is 2. The number of hydrogen-bond acceptors (Lipinski definition) is 5. The average Bonchev–Trinajstić information content (AvgIpc) is 3.41. The number of nitrogens with zero attached hydrogens (tertiary/aromatic N) is 3. The van der Waals surface area contributed by atoms with Crippen LogP contribution < -0.4 is 10.9 Å². The normalized spacial score (nSPS) is 15.9. The monoisotopic (exact) mass is 411 g/mol. The fourth-order valence-electron chi connectivity index (χ4n) is 4.23. The lowest BCUT2D eigenvalue weighted by Crippen LogP contribution is -2.36. The van der Waals surface area contributed by atoms with Gasteiger partial charge in [-0.1, -0.05) is 32.1 Å². The highest BCUT2D eigenvalue weighted by atomic mass is 32.1. The van der Waals surface area contributed by atoms with Crippen molar-refractivity contribution in [2.24, 2.45) is 5.92 Å². The molecule has 0 bridgehead atoms. The van der Waals surface area contributed by atoms with E-state index in [4.69, 9.17) is 0 Å². The zero-order chi connectivity index (χ0) is 20.2. The van der Waals surface area contributed by atoms with E-state index in [-0.39, 0.29) is 11.5 Å². The SMILES string of the molecule is Cc1cc(-c2cn[nH]c2)cc(=O)n1C(CC1CCCCC1)C(=O)Nc1nccs1. The Balaban J connectivity index is 1.67. The van der Waals surface area contributed by atoms with Crippen molar-refractivity contribution in [3.63, 3.8) is 0 Å². The number of aromatic amines is 1. The van der Waals surface area contributed by atoms with Crippen LogP contribution in [0.25, 0.3) is 11.1 Å². The molecular formula is C21H25N5O2S. The van der Waals surface area contributed by atoms with E-state index < -0.39 is 6.04 Å². The lowest BCUT2D eigenvalue weighted by atomic mass is 9.84. The van der Waals surface area contributed by atoms with Gasteiger partial charge >= 0.3 is 0 Å². The molecule has 8 heteroatoms. The van der Waals surface area contributed by atoms with Crippen molar-refractivity contribution in [2.45, 2.75) is 51.5 Å². The number of pyridine rings is 1. The van der Waals surface area contributed by atoms with Gasteiger partial charge in [0.25, 0.3) is 5.56 Å². The number of nitrogens with one attached hydrogen (secondary N) is 2. The molecule has 152 valence electrons. The Morgan fingerprint density at radius 3 is 2.79 bits per heavy atom. The zero-order valence-corrected chi connectivity index (χ0v) is 17.2. The predicted molar refractivity (Wildman–Crippen MR) is 114 cm³/mol. The molecule has 1 aliphatic carbocycles. The molecule has 1 atom stereocenters. The van der Waals surface area contributed by atoms with E-state index in [0.29, 0.717) is 17.5 Å². The molecule has 0 radical (unpaired) electrons. The van der Waals surface area contributed by atoms with Crippen molar-refractivity contribution in [1.82, 2.24) is 19.7 Å². The van der Waals surface area contributed by atoms with E-state index in [1.165, 1.54) is 30.6 Å². The zero-order valence-electron chi connectivity index (χ0n) is 16.4. The summed E-state index contributed by atoms with van der Waals surface area (Å²) in [5, 5.41) is 12.0. The maximum Gasteiger partial charge on any atom is 0.252 e. The third-order valence-corrected chi connectivity index (χ3v) is 6.34. The van der Waals surface area contributed by atoms with Gasteiger partial charge in [-0.25, -0.2) is 4.98 Å². The van der Waals surface area contributed by atoms with E-state index >= 15 is 0 Å². The van der Waals surface area contributed by atoms with Crippen molar-refractivity contribution < 1.29 is 4.79 Å². The standard InChI is InChI=1S/C21H25N5O2S/c1-14-9-16(17-12-23-24-13-17)11-19(27)26(14)18(10-15-5-3-2-4-6-15)20(28)25-21-22-7-8-29-21/h7-9,11-13,15,18H,2-6,10H2,1H3,(H,23,24)(H,22,25,28). The van der Waals surface area contributed by atoms with Crippen LogP contribution in [0.15, 0.2) is 40.9 Å². The smallest absolute Gasteiger partial charge is 0.252 e. The summed E-state index contributed by atoms with van der Waals surface area (Å²) in [7, 11) is 0. The second-order valence-electron chi connectivity index (χ2n) is 7.66. The van der Waals surface area contributed by atoms with E-state index in [0.717, 1.165) is 29.7 Å². The summed E-state index contributed by atoms with van der Waals surface area (Å²) in [5.74, 6) is 0.280. The van der Waals surface area contributed by atoms with Gasteiger partial charge < -0.3 is 9.88 Å². The van der Waals surface area contributed by atoms with E-state index in [2.05, 4.69) is 20.5 Å². The van der Waals surface area contributed by atoms with Gasteiger partial charge in [-0.05, 0) is 30.9 Å². The maximum atomic E-state index is 13.2. The number of amides is 1. The van der Waals surface area contributed by atoms with Crippen LogP contribution in [0, 0.1) is 12.8 Å². The second-order valence-corrected chi connectivity index (χ2v) is 8.56. The number of aromatic nitrogens is 4. The highest BCUT2D eigenvalue weighted by molar-refractivity contribution is 7.13. The Hall–Kier alpha value is -2.74. The summed E-state index contributed by atoms with van der Waals surface area (Å²) in [6.07, 6.45) is 11.6. The van der Waals surface area contributed by atoms with E-state index in [9.17, 15) is 9.59 Å². The van der Waals surface area contributed by atoms with Crippen LogP contribution in [0.5, 0.6) is 0 Å². The van der Waals surface area contributed by atoms with E-state index in [1.807, 2.05) is 18.4 Å². The number of H-pyrrole nitrogens is 1. The van der Waals surface area contributed by atoms with Crippen molar-refractivity contribution in [3.8, 4) is 11.1 Å². The fraction of sp³-hybridized carbons (Fsp3) is 0.429. The molecule has 1 unspecified atom stereocenters. The summed E-state index contributed by atoms with van der Waals surface area (Å²) < 4.78 is 1.64. The fourth-order valence-corrected chi connectivity index (χ4v) is 4.76. The van der Waals surface area contributed by atoms with Gasteiger partial charge in [-0.3, -0.25) is 14.7 Å². The molecule has 0 aliphatic heterocycles. The molecule has 3 heterocycles. The minimum absolute atomic E-state index is 0.170. The number of thiazole rings is 1. The third-order valence-electron chi connectivity index (χ3n) is 5.65. The van der Waals surface area contributed by atoms with Gasteiger partial charge in [0.1, 0.15) is 6.04 Å². The Morgan fingerprint density at radius 1 is 1.31 bits per heavy atom. The van der Waals surface area contributed by atoms with Crippen molar-refractivity contribution in [2.75, 3.05) is 5.32 Å². The maximum absolute atomic E-state index is 13.2. The van der Waals surface area contributed by atoms with Crippen molar-refractivity contribution >= 4 is 22.4 Å². The van der Waals surface area contributed by atoms with Gasteiger partial charge in [0.2, 0.25) is 5.91 Å². The Morgan fingerprint density at radius 2 is 2.14 bits per heavy atom. The van der Waals surface area contributed by atoms with E-state index in [1.54, 1.807) is 29.2 Å². The largest absolute Gasteiger partial charge is 0.300 e. The molecule has 3 aromatic heterocycles. The molecule has 1 saturated carbocycles. The van der Waals surface area contributed by atoms with Crippen molar-refractivity contribution in [1.29, 1.82) is 0 Å². The average molecular weight is 412 g/mol. The summed E-state index contributed by atoms with van der Waals surface area (Å²) in [5.41, 5.74) is 2.25. The van der Waals surface area contributed by atoms with Crippen molar-refractivity contribution in [3.05, 3.63) is 52.2 Å². The summed E-state index contributed by atoms with van der Waals surface area (Å²) >= 11 is 1.38. The molecule has 0 saturated heterocycles. The first-order valence-electron chi connectivity index (χ1n) is 10.0. The Kier molecular flexibility index (Phi) is 5.89. The van der Waals surface area contributed by atoms with Gasteiger partial charge in [0.05, 0.1) is 6.20 Å².